The van der Waals surface area contributed by atoms with Crippen LogP contribution >= 0.6 is 0 Å². The van der Waals surface area contributed by atoms with Gasteiger partial charge in [0.15, 0.2) is 0 Å². The topological polar surface area (TPSA) is 98.7 Å². The molecule has 6 unspecified atom stereocenters. The minimum absolute atomic E-state index is 0.0808. The normalized spacial score (nSPS) is 15.7. The lowest BCUT2D eigenvalue weighted by molar-refractivity contribution is -0.123. The monoisotopic (exact) mass is 1110 g/mol. The number of amides is 2. The molecule has 0 aromatic carbocycles. The predicted molar refractivity (Wildman–Crippen MR) is 349 cm³/mol. The van der Waals surface area contributed by atoms with Crippen molar-refractivity contribution in [1.29, 1.82) is 0 Å². The number of nitrogens with one attached hydrogen (secondary N) is 2. The van der Waals surface area contributed by atoms with Crippen LogP contribution in [0.15, 0.2) is 12.2 Å². The number of aliphatic hydroxyl groups is 2. The lowest BCUT2D eigenvalue weighted by Gasteiger charge is -2.23. The zero-order valence-corrected chi connectivity index (χ0v) is 54.6. The molecule has 1 rings (SSSR count). The number of aliphatic hydroxyl groups excluding tert-OH is 2. The van der Waals surface area contributed by atoms with E-state index in [1.165, 1.54) is 289 Å². The highest BCUT2D eigenvalue weighted by Gasteiger charge is 2.35. The van der Waals surface area contributed by atoms with Crippen molar-refractivity contribution in [1.82, 2.24) is 10.6 Å². The molecule has 6 heteroatoms. The molecule has 1 saturated carbocycles. The smallest absolute Gasteiger partial charge is 0.220 e. The van der Waals surface area contributed by atoms with Crippen molar-refractivity contribution in [2.24, 2.45) is 11.8 Å². The summed E-state index contributed by atoms with van der Waals surface area (Å²) in [6.07, 6.45) is 76.0. The fourth-order valence-electron chi connectivity index (χ4n) is 12.1. The van der Waals surface area contributed by atoms with Gasteiger partial charge in [-0.1, -0.05) is 336 Å². The standard InChI is InChI=1S/C37H73NO2.C36H71NO2/c1-4-7-9-11-12-13-14-15-16-20-23-27-31-37(40)38-35(6-3)36(39)30-26-22-19-17-18-21-25-29-34-32-33(34)28-24-10-8-5-2;1-4-7-9-11-13-15-17-19-20-21-22-24-26-28-30-32-35(38)34(6-3)37-36(39)33-31-29-27-25-23-18-16-14-12-10-8-5-2/h33-36,39H,4-32H2,1-3H3,(H,38,40);15,17,34-35,38H,4-14,16,18-33H2,1-3H3,(H,37,39)/b;17-15-. The maximum absolute atomic E-state index is 12.4. The van der Waals surface area contributed by atoms with E-state index in [9.17, 15) is 19.8 Å². The molecule has 470 valence electrons. The predicted octanol–water partition coefficient (Wildman–Crippen LogP) is 22.8. The van der Waals surface area contributed by atoms with Crippen LogP contribution in [-0.2, 0) is 9.59 Å². The van der Waals surface area contributed by atoms with Crippen LogP contribution in [0.2, 0.25) is 0 Å². The molecule has 2 amide bonds. The summed E-state index contributed by atoms with van der Waals surface area (Å²) in [4.78, 5) is 24.8. The average molecular weight is 1110 g/mol. The highest BCUT2D eigenvalue weighted by atomic mass is 16.3. The summed E-state index contributed by atoms with van der Waals surface area (Å²) in [5.74, 6) is 2.40. The molecular weight excluding hydrogens is 969 g/mol. The zero-order chi connectivity index (χ0) is 57.8. The van der Waals surface area contributed by atoms with E-state index in [0.717, 1.165) is 76.0 Å². The van der Waals surface area contributed by atoms with Gasteiger partial charge in [0.25, 0.3) is 0 Å². The first-order chi connectivity index (χ1) is 38.8. The van der Waals surface area contributed by atoms with E-state index in [1.54, 1.807) is 0 Å². The first-order valence-corrected chi connectivity index (χ1v) is 36.4. The van der Waals surface area contributed by atoms with Gasteiger partial charge in [-0.05, 0) is 82.5 Å². The number of hydrogen-bond donors (Lipinski definition) is 4. The van der Waals surface area contributed by atoms with Crippen LogP contribution in [-0.4, -0.2) is 46.3 Å². The molecule has 0 heterocycles. The van der Waals surface area contributed by atoms with E-state index in [-0.39, 0.29) is 23.9 Å². The van der Waals surface area contributed by atoms with Crippen molar-refractivity contribution in [3.8, 4) is 0 Å². The first kappa shape index (κ1) is 77.6. The number of unbranched alkanes of at least 4 members (excludes halogenated alkanes) is 42. The van der Waals surface area contributed by atoms with E-state index in [2.05, 4.69) is 64.3 Å². The Morgan fingerprint density at radius 1 is 0.342 bits per heavy atom. The van der Waals surface area contributed by atoms with E-state index in [1.807, 2.05) is 0 Å². The summed E-state index contributed by atoms with van der Waals surface area (Å²) in [6.45, 7) is 13.3. The molecule has 0 radical (unpaired) electrons. The van der Waals surface area contributed by atoms with Crippen molar-refractivity contribution < 1.29 is 19.8 Å². The summed E-state index contributed by atoms with van der Waals surface area (Å²) >= 11 is 0. The summed E-state index contributed by atoms with van der Waals surface area (Å²) < 4.78 is 0. The molecule has 6 nitrogen and oxygen atoms in total. The van der Waals surface area contributed by atoms with Gasteiger partial charge in [0.2, 0.25) is 11.8 Å². The molecule has 1 aliphatic carbocycles. The number of carbonyl (C=O) groups excluding carboxylic acids is 2. The number of allylic oxidation sites excluding steroid dienone is 2. The van der Waals surface area contributed by atoms with E-state index in [4.69, 9.17) is 0 Å². The molecule has 0 aromatic rings. The second kappa shape index (κ2) is 62.6. The average Bonchev–Trinajstić information content (AvgIpc) is 4.23. The number of rotatable bonds is 62. The van der Waals surface area contributed by atoms with Gasteiger partial charge in [0, 0.05) is 12.8 Å². The highest BCUT2D eigenvalue weighted by molar-refractivity contribution is 5.76. The molecule has 0 spiro atoms. The lowest BCUT2D eigenvalue weighted by atomic mass is 10.00. The van der Waals surface area contributed by atoms with Crippen molar-refractivity contribution >= 4 is 11.8 Å². The van der Waals surface area contributed by atoms with Gasteiger partial charge >= 0.3 is 0 Å². The molecule has 0 aromatic heterocycles. The summed E-state index contributed by atoms with van der Waals surface area (Å²) in [5, 5.41) is 27.5. The van der Waals surface area contributed by atoms with E-state index >= 15 is 0 Å². The van der Waals surface area contributed by atoms with Gasteiger partial charge in [-0.2, -0.15) is 0 Å². The van der Waals surface area contributed by atoms with E-state index < -0.39 is 12.2 Å². The maximum Gasteiger partial charge on any atom is 0.220 e. The molecular formula is C73H144N2O4. The van der Waals surface area contributed by atoms with Crippen molar-refractivity contribution in [2.75, 3.05) is 0 Å². The van der Waals surface area contributed by atoms with Gasteiger partial charge in [0.05, 0.1) is 24.3 Å². The second-order valence-electron chi connectivity index (χ2n) is 25.6. The molecule has 1 fully saturated rings. The Balaban J connectivity index is 0.00000154. The lowest BCUT2D eigenvalue weighted by Crippen LogP contribution is -2.42. The summed E-state index contributed by atoms with van der Waals surface area (Å²) in [7, 11) is 0. The molecule has 4 N–H and O–H groups in total. The SMILES string of the molecule is CCCCCC/C=C\CCCCCCCCCC(O)C(CC)NC(=O)CCCCCCCCCCCCCC.CCCCCCCCCCCCCCC(=O)NC(CC)C(O)CCCCCCCCCC1CC1CCCCCC. The van der Waals surface area contributed by atoms with Crippen LogP contribution in [0.5, 0.6) is 0 Å². The fraction of sp³-hybridized carbons (Fsp3) is 0.945. The van der Waals surface area contributed by atoms with Crippen LogP contribution in [0.4, 0.5) is 0 Å². The van der Waals surface area contributed by atoms with Gasteiger partial charge in [-0.25, -0.2) is 0 Å². The highest BCUT2D eigenvalue weighted by Crippen LogP contribution is 2.45. The summed E-state index contributed by atoms with van der Waals surface area (Å²) in [6, 6.07) is -0.169. The molecule has 1 aliphatic rings. The second-order valence-corrected chi connectivity index (χ2v) is 25.6. The molecule has 0 saturated heterocycles. The Bertz CT molecular complexity index is 1260. The number of hydrogen-bond acceptors (Lipinski definition) is 4. The van der Waals surface area contributed by atoms with Crippen molar-refractivity contribution in [3.63, 3.8) is 0 Å². The molecule has 0 bridgehead atoms. The van der Waals surface area contributed by atoms with Crippen molar-refractivity contribution in [2.45, 2.75) is 432 Å². The molecule has 6 atom stereocenters. The van der Waals surface area contributed by atoms with Gasteiger partial charge in [0.1, 0.15) is 0 Å². The molecule has 0 aliphatic heterocycles. The molecule has 79 heavy (non-hydrogen) atoms. The van der Waals surface area contributed by atoms with Gasteiger partial charge in [-0.3, -0.25) is 9.59 Å². The van der Waals surface area contributed by atoms with Gasteiger partial charge < -0.3 is 20.8 Å². The Morgan fingerprint density at radius 2 is 0.582 bits per heavy atom. The fourth-order valence-corrected chi connectivity index (χ4v) is 12.1. The summed E-state index contributed by atoms with van der Waals surface area (Å²) in [5.41, 5.74) is 0. The third-order valence-electron chi connectivity index (χ3n) is 17.9. The first-order valence-electron chi connectivity index (χ1n) is 36.4. The maximum atomic E-state index is 12.4. The van der Waals surface area contributed by atoms with Crippen LogP contribution < -0.4 is 10.6 Å². The Morgan fingerprint density at radius 3 is 0.886 bits per heavy atom. The minimum atomic E-state index is -0.408. The van der Waals surface area contributed by atoms with Crippen LogP contribution in [0.25, 0.3) is 0 Å². The minimum Gasteiger partial charge on any atom is -0.391 e. The van der Waals surface area contributed by atoms with Crippen LogP contribution in [0.1, 0.15) is 408 Å². The quantitative estimate of drug-likeness (QED) is 0.0360. The van der Waals surface area contributed by atoms with Gasteiger partial charge in [-0.15, -0.1) is 0 Å². The Kier molecular flexibility index (Phi) is 61.5. The zero-order valence-electron chi connectivity index (χ0n) is 54.6. The van der Waals surface area contributed by atoms with E-state index in [0.29, 0.717) is 12.8 Å². The third kappa shape index (κ3) is 55.6. The third-order valence-corrected chi connectivity index (χ3v) is 17.9. The van der Waals surface area contributed by atoms with Crippen molar-refractivity contribution in [3.05, 3.63) is 12.2 Å². The Hall–Kier alpha value is -1.40. The number of carbonyl (C=O) groups is 2. The van der Waals surface area contributed by atoms with Crippen LogP contribution in [0, 0.1) is 11.8 Å². The largest absolute Gasteiger partial charge is 0.391 e. The Labute approximate surface area is 495 Å². The van der Waals surface area contributed by atoms with Crippen LogP contribution in [0.3, 0.4) is 0 Å².